The van der Waals surface area contributed by atoms with E-state index in [9.17, 15) is 9.18 Å². The number of hydrogen-bond acceptors (Lipinski definition) is 4. The highest BCUT2D eigenvalue weighted by molar-refractivity contribution is 5.91. The molecule has 156 valence electrons. The molecule has 30 heavy (non-hydrogen) atoms. The fourth-order valence-electron chi connectivity index (χ4n) is 3.51. The van der Waals surface area contributed by atoms with Crippen LogP contribution in [0.1, 0.15) is 33.1 Å². The minimum atomic E-state index is -0.296. The summed E-state index contributed by atoms with van der Waals surface area (Å²) in [6, 6.07) is 9.97. The summed E-state index contributed by atoms with van der Waals surface area (Å²) in [5.74, 6) is 1.14. The molecule has 0 fully saturated rings. The number of amides is 1. The van der Waals surface area contributed by atoms with E-state index in [2.05, 4.69) is 24.1 Å². The number of nitrogens with zero attached hydrogens (tertiary/aromatic N) is 3. The van der Waals surface area contributed by atoms with Crippen LogP contribution in [0.15, 0.2) is 42.6 Å². The summed E-state index contributed by atoms with van der Waals surface area (Å²) >= 11 is 0. The molecule has 7 heteroatoms. The van der Waals surface area contributed by atoms with Crippen LogP contribution >= 0.6 is 0 Å². The molecule has 1 aromatic carbocycles. The molecule has 0 radical (unpaired) electrons. The van der Waals surface area contributed by atoms with Crippen molar-refractivity contribution in [2.45, 2.75) is 39.7 Å². The largest absolute Gasteiger partial charge is 0.477 e. The van der Waals surface area contributed by atoms with E-state index in [4.69, 9.17) is 9.84 Å². The summed E-state index contributed by atoms with van der Waals surface area (Å²) in [5, 5.41) is 7.62. The second-order valence-corrected chi connectivity index (χ2v) is 7.66. The van der Waals surface area contributed by atoms with Gasteiger partial charge in [-0.15, -0.1) is 0 Å². The topological polar surface area (TPSA) is 69.0 Å². The first-order valence-corrected chi connectivity index (χ1v) is 10.3. The number of benzene rings is 1. The molecule has 2 aromatic heterocycles. The number of ether oxygens (including phenoxy) is 1. The van der Waals surface area contributed by atoms with E-state index in [1.54, 1.807) is 18.3 Å². The first-order valence-electron chi connectivity index (χ1n) is 10.3. The Morgan fingerprint density at radius 2 is 2.07 bits per heavy atom. The number of pyridine rings is 1. The Kier molecular flexibility index (Phi) is 5.79. The lowest BCUT2D eigenvalue weighted by Crippen LogP contribution is -2.16. The van der Waals surface area contributed by atoms with Crippen molar-refractivity contribution in [3.05, 3.63) is 48.4 Å². The number of nitrogens with one attached hydrogen (secondary N) is 1. The van der Waals surface area contributed by atoms with Crippen molar-refractivity contribution in [1.82, 2.24) is 14.8 Å². The Bertz CT molecular complexity index is 1050. The molecule has 1 N–H and O–H groups in total. The molecule has 1 atom stereocenters. The third kappa shape index (κ3) is 4.20. The molecule has 0 saturated carbocycles. The van der Waals surface area contributed by atoms with E-state index >= 15 is 0 Å². The first kappa shape index (κ1) is 20.1. The zero-order valence-electron chi connectivity index (χ0n) is 17.2. The van der Waals surface area contributed by atoms with Gasteiger partial charge in [-0.2, -0.15) is 5.10 Å². The standard InChI is InChI=1S/C23H25FN4O2/c1-3-15(2)13-20(29)26-19-14-17(9-10-25-19)21-22(16-5-7-18(24)8-6-16)27-28-11-4-12-30-23(21)28/h5-10,14-15H,3-4,11-13H2,1-2H3,(H,25,26,29)/t15-/m0/s1. The third-order valence-corrected chi connectivity index (χ3v) is 5.32. The molecular formula is C23H25FN4O2. The maximum absolute atomic E-state index is 13.4. The molecule has 0 saturated heterocycles. The molecule has 0 spiro atoms. The van der Waals surface area contributed by atoms with Crippen LogP contribution in [0.4, 0.5) is 10.2 Å². The van der Waals surface area contributed by atoms with E-state index in [1.807, 2.05) is 16.8 Å². The monoisotopic (exact) mass is 408 g/mol. The van der Waals surface area contributed by atoms with Crippen LogP contribution in [0.3, 0.4) is 0 Å². The van der Waals surface area contributed by atoms with Crippen LogP contribution in [-0.2, 0) is 11.3 Å². The van der Waals surface area contributed by atoms with Gasteiger partial charge in [0, 0.05) is 31.1 Å². The van der Waals surface area contributed by atoms with Crippen LogP contribution in [0.2, 0.25) is 0 Å². The van der Waals surface area contributed by atoms with E-state index < -0.39 is 0 Å². The molecule has 3 aromatic rings. The highest BCUT2D eigenvalue weighted by Crippen LogP contribution is 2.41. The Morgan fingerprint density at radius 1 is 1.27 bits per heavy atom. The van der Waals surface area contributed by atoms with Gasteiger partial charge in [0.2, 0.25) is 11.8 Å². The highest BCUT2D eigenvalue weighted by Gasteiger charge is 2.24. The molecule has 0 bridgehead atoms. The summed E-state index contributed by atoms with van der Waals surface area (Å²) in [4.78, 5) is 16.6. The Morgan fingerprint density at radius 3 is 2.83 bits per heavy atom. The lowest BCUT2D eigenvalue weighted by Gasteiger charge is -2.16. The van der Waals surface area contributed by atoms with Crippen molar-refractivity contribution in [2.24, 2.45) is 5.92 Å². The Balaban J connectivity index is 1.72. The van der Waals surface area contributed by atoms with Gasteiger partial charge in [-0.3, -0.25) is 4.79 Å². The number of hydrogen-bond donors (Lipinski definition) is 1. The van der Waals surface area contributed by atoms with Crippen molar-refractivity contribution in [2.75, 3.05) is 11.9 Å². The molecule has 0 unspecified atom stereocenters. The van der Waals surface area contributed by atoms with Gasteiger partial charge >= 0.3 is 0 Å². The van der Waals surface area contributed by atoms with Gasteiger partial charge in [-0.25, -0.2) is 14.1 Å². The fraction of sp³-hybridized carbons (Fsp3) is 0.348. The predicted octanol–water partition coefficient (Wildman–Crippen LogP) is 4.91. The molecule has 4 rings (SSSR count). The maximum atomic E-state index is 13.4. The molecule has 6 nitrogen and oxygen atoms in total. The minimum Gasteiger partial charge on any atom is -0.477 e. The van der Waals surface area contributed by atoms with Gasteiger partial charge in [0.15, 0.2) is 0 Å². The number of carbonyl (C=O) groups excluding carboxylic acids is 1. The fourth-order valence-corrected chi connectivity index (χ4v) is 3.51. The van der Waals surface area contributed by atoms with E-state index in [0.29, 0.717) is 30.6 Å². The van der Waals surface area contributed by atoms with Gasteiger partial charge in [0.1, 0.15) is 17.3 Å². The van der Waals surface area contributed by atoms with Crippen molar-refractivity contribution in [1.29, 1.82) is 0 Å². The van der Waals surface area contributed by atoms with Crippen molar-refractivity contribution in [3.63, 3.8) is 0 Å². The van der Waals surface area contributed by atoms with Crippen molar-refractivity contribution in [3.8, 4) is 28.3 Å². The van der Waals surface area contributed by atoms with Crippen molar-refractivity contribution >= 4 is 11.7 Å². The Labute approximate surface area is 175 Å². The SMILES string of the molecule is CC[C@H](C)CC(=O)Nc1cc(-c2c(-c3ccc(F)cc3)nn3c2OCCC3)ccn1. The molecule has 0 aliphatic carbocycles. The second-order valence-electron chi connectivity index (χ2n) is 7.66. The first-order chi connectivity index (χ1) is 14.5. The Hall–Kier alpha value is -3.22. The van der Waals surface area contributed by atoms with E-state index in [0.717, 1.165) is 41.8 Å². The number of aryl methyl sites for hydroxylation is 1. The average Bonchev–Trinajstić information content (AvgIpc) is 3.13. The number of rotatable bonds is 6. The zero-order chi connectivity index (χ0) is 21.1. The molecule has 1 aliphatic heterocycles. The number of anilines is 1. The number of fused-ring (bicyclic) bond motifs is 1. The summed E-state index contributed by atoms with van der Waals surface area (Å²) < 4.78 is 21.2. The van der Waals surface area contributed by atoms with Crippen LogP contribution in [0, 0.1) is 11.7 Å². The zero-order valence-corrected chi connectivity index (χ0v) is 17.2. The van der Waals surface area contributed by atoms with E-state index in [1.165, 1.54) is 12.1 Å². The maximum Gasteiger partial charge on any atom is 0.225 e. The number of halogens is 1. The van der Waals surface area contributed by atoms with Gasteiger partial charge in [-0.1, -0.05) is 20.3 Å². The van der Waals surface area contributed by atoms with E-state index in [-0.39, 0.29) is 11.7 Å². The van der Waals surface area contributed by atoms with Gasteiger partial charge < -0.3 is 10.1 Å². The molecule has 3 heterocycles. The average molecular weight is 408 g/mol. The summed E-state index contributed by atoms with van der Waals surface area (Å²) in [7, 11) is 0. The highest BCUT2D eigenvalue weighted by atomic mass is 19.1. The number of carbonyl (C=O) groups is 1. The summed E-state index contributed by atoms with van der Waals surface area (Å²) in [6.07, 6.45) is 3.94. The second kappa shape index (κ2) is 8.65. The third-order valence-electron chi connectivity index (χ3n) is 5.32. The smallest absolute Gasteiger partial charge is 0.225 e. The quantitative estimate of drug-likeness (QED) is 0.629. The van der Waals surface area contributed by atoms with Crippen molar-refractivity contribution < 1.29 is 13.9 Å². The van der Waals surface area contributed by atoms with Gasteiger partial charge in [0.25, 0.3) is 0 Å². The molecule has 1 amide bonds. The normalized spacial score (nSPS) is 14.0. The number of aromatic nitrogens is 3. The molecular weight excluding hydrogens is 383 g/mol. The predicted molar refractivity (Wildman–Crippen MR) is 114 cm³/mol. The van der Waals surface area contributed by atoms with Crippen LogP contribution < -0.4 is 10.1 Å². The van der Waals surface area contributed by atoms with Gasteiger partial charge in [-0.05, 0) is 47.9 Å². The molecule has 1 aliphatic rings. The minimum absolute atomic E-state index is 0.0546. The lowest BCUT2D eigenvalue weighted by atomic mass is 10.0. The van der Waals surface area contributed by atoms with Crippen LogP contribution in [0.25, 0.3) is 22.4 Å². The van der Waals surface area contributed by atoms with Crippen LogP contribution in [-0.4, -0.2) is 27.3 Å². The van der Waals surface area contributed by atoms with Gasteiger partial charge in [0.05, 0.1) is 12.2 Å². The summed E-state index contributed by atoms with van der Waals surface area (Å²) in [6.45, 7) is 5.49. The summed E-state index contributed by atoms with van der Waals surface area (Å²) in [5.41, 5.74) is 3.18. The lowest BCUT2D eigenvalue weighted by molar-refractivity contribution is -0.117. The van der Waals surface area contributed by atoms with Crippen LogP contribution in [0.5, 0.6) is 5.88 Å².